The van der Waals surface area contributed by atoms with Crippen LogP contribution in [0.25, 0.3) is 0 Å². The molecule has 1 aromatic rings. The van der Waals surface area contributed by atoms with Crippen molar-refractivity contribution in [1.82, 2.24) is 0 Å². The molecule has 8 heteroatoms. The van der Waals surface area contributed by atoms with Gasteiger partial charge < -0.3 is 0 Å². The van der Waals surface area contributed by atoms with Crippen LogP contribution in [0.4, 0.5) is 0 Å². The van der Waals surface area contributed by atoms with Gasteiger partial charge in [-0.25, -0.2) is 40.8 Å². The molecule has 1 aromatic carbocycles. The van der Waals surface area contributed by atoms with Gasteiger partial charge in [0.05, 0.1) is 0 Å². The maximum atomic E-state index is 8.35. The van der Waals surface area contributed by atoms with E-state index in [1.807, 2.05) is 0 Å². The maximum absolute atomic E-state index is 8.35. The first-order valence-electron chi connectivity index (χ1n) is 10.6. The van der Waals surface area contributed by atoms with Gasteiger partial charge in [0.25, 0.3) is 0 Å². The molecule has 3 fully saturated rings. The Kier molecular flexibility index (Phi) is 20.3. The fourth-order valence-corrected chi connectivity index (χ4v) is 4.64. The SMILES string of the molecule is C1CC2CCC1C2.CC1(c2ccccc2)CCCCC1.N=C=O.N=C=O.N=C=O.N=C=O. The number of nitrogens with one attached hydrogen (secondary N) is 4. The lowest BCUT2D eigenvalue weighted by Gasteiger charge is -2.34. The number of benzene rings is 1. The number of fused-ring (bicyclic) bond motifs is 2. The van der Waals surface area contributed by atoms with Crippen LogP contribution in [0.2, 0.25) is 0 Å². The topological polar surface area (TPSA) is 164 Å². The Balaban J connectivity index is 0. The molecule has 0 aromatic heterocycles. The Morgan fingerprint density at radius 1 is 0.688 bits per heavy atom. The van der Waals surface area contributed by atoms with Gasteiger partial charge in [-0.15, -0.1) is 0 Å². The van der Waals surface area contributed by atoms with Gasteiger partial charge in [0.2, 0.25) is 24.3 Å². The van der Waals surface area contributed by atoms with E-state index >= 15 is 0 Å². The Labute approximate surface area is 189 Å². The fraction of sp³-hybridized carbons (Fsp3) is 0.583. The highest BCUT2D eigenvalue weighted by Gasteiger charge is 2.30. The van der Waals surface area contributed by atoms with Crippen molar-refractivity contribution in [2.24, 2.45) is 11.8 Å². The molecule has 3 saturated carbocycles. The van der Waals surface area contributed by atoms with Gasteiger partial charge in [-0.05, 0) is 42.1 Å². The minimum atomic E-state index is 0.472. The van der Waals surface area contributed by atoms with E-state index in [9.17, 15) is 0 Å². The lowest BCUT2D eigenvalue weighted by Crippen LogP contribution is -2.24. The van der Waals surface area contributed by atoms with Crippen molar-refractivity contribution in [2.75, 3.05) is 0 Å². The summed E-state index contributed by atoms with van der Waals surface area (Å²) in [7, 11) is 0. The van der Waals surface area contributed by atoms with Gasteiger partial charge in [0, 0.05) is 0 Å². The van der Waals surface area contributed by atoms with Gasteiger partial charge >= 0.3 is 0 Å². The van der Waals surface area contributed by atoms with Crippen molar-refractivity contribution in [3.05, 3.63) is 35.9 Å². The van der Waals surface area contributed by atoms with E-state index in [0.29, 0.717) is 5.41 Å². The molecule has 3 aliphatic carbocycles. The van der Waals surface area contributed by atoms with Crippen LogP contribution in [0.1, 0.15) is 76.7 Å². The van der Waals surface area contributed by atoms with Gasteiger partial charge in [-0.2, -0.15) is 0 Å². The molecule has 0 heterocycles. The zero-order valence-corrected chi connectivity index (χ0v) is 18.7. The van der Waals surface area contributed by atoms with Gasteiger partial charge in [0.1, 0.15) is 0 Å². The van der Waals surface area contributed by atoms with Crippen molar-refractivity contribution in [3.63, 3.8) is 0 Å². The lowest BCUT2D eigenvalue weighted by atomic mass is 9.71. The average molecular weight is 443 g/mol. The molecule has 4 N–H and O–H groups in total. The van der Waals surface area contributed by atoms with E-state index in [1.165, 1.54) is 49.5 Å². The van der Waals surface area contributed by atoms with E-state index in [4.69, 9.17) is 40.8 Å². The molecular formula is C24H34N4O4. The molecule has 0 unspecified atom stereocenters. The largest absolute Gasteiger partial charge is 0.231 e. The number of carbonyl (C=O) groups excluding carboxylic acids is 4. The van der Waals surface area contributed by atoms with Crippen molar-refractivity contribution in [3.8, 4) is 0 Å². The van der Waals surface area contributed by atoms with Crippen LogP contribution >= 0.6 is 0 Å². The van der Waals surface area contributed by atoms with E-state index < -0.39 is 0 Å². The number of hydrogen-bond acceptors (Lipinski definition) is 8. The molecule has 0 spiro atoms. The second-order valence-corrected chi connectivity index (χ2v) is 8.02. The Hall–Kier alpha value is -3.26. The number of rotatable bonds is 1. The summed E-state index contributed by atoms with van der Waals surface area (Å²) < 4.78 is 0. The molecule has 8 nitrogen and oxygen atoms in total. The van der Waals surface area contributed by atoms with E-state index in [2.05, 4.69) is 37.3 Å². The summed E-state index contributed by atoms with van der Waals surface area (Å²) in [6.07, 6.45) is 17.8. The first-order chi connectivity index (χ1) is 15.4. The van der Waals surface area contributed by atoms with Crippen molar-refractivity contribution < 1.29 is 19.2 Å². The monoisotopic (exact) mass is 442 g/mol. The Morgan fingerprint density at radius 3 is 1.31 bits per heavy atom. The molecule has 0 aliphatic heterocycles. The predicted molar refractivity (Wildman–Crippen MR) is 121 cm³/mol. The molecule has 0 radical (unpaired) electrons. The molecule has 3 aliphatic rings. The highest BCUT2D eigenvalue weighted by atomic mass is 16.1. The molecule has 4 rings (SSSR count). The molecule has 0 amide bonds. The summed E-state index contributed by atoms with van der Waals surface area (Å²) >= 11 is 0. The predicted octanol–water partition coefficient (Wildman–Crippen LogP) is 5.71. The first-order valence-corrected chi connectivity index (χ1v) is 10.6. The van der Waals surface area contributed by atoms with Crippen LogP contribution in [0.5, 0.6) is 0 Å². The quantitative estimate of drug-likeness (QED) is 0.323. The zero-order valence-electron chi connectivity index (χ0n) is 18.7. The van der Waals surface area contributed by atoms with E-state index in [0.717, 1.165) is 24.3 Å². The third kappa shape index (κ3) is 14.7. The molecule has 0 saturated heterocycles. The van der Waals surface area contributed by atoms with E-state index in [-0.39, 0.29) is 0 Å². The summed E-state index contributed by atoms with van der Waals surface area (Å²) in [5, 5.41) is 21.6. The van der Waals surface area contributed by atoms with Crippen LogP contribution in [0.15, 0.2) is 30.3 Å². The summed E-state index contributed by atoms with van der Waals surface area (Å²) in [6.45, 7) is 2.42. The second kappa shape index (κ2) is 21.0. The van der Waals surface area contributed by atoms with Gasteiger partial charge in [-0.3, -0.25) is 0 Å². The third-order valence-electron chi connectivity index (χ3n) is 6.06. The first kappa shape index (κ1) is 30.9. The van der Waals surface area contributed by atoms with Crippen LogP contribution in [-0.4, -0.2) is 24.3 Å². The van der Waals surface area contributed by atoms with Gasteiger partial charge in [-0.1, -0.05) is 82.2 Å². The van der Waals surface area contributed by atoms with Crippen LogP contribution in [0, 0.1) is 33.5 Å². The maximum Gasteiger partial charge on any atom is 0.231 e. The van der Waals surface area contributed by atoms with Crippen molar-refractivity contribution in [1.29, 1.82) is 21.6 Å². The summed E-state index contributed by atoms with van der Waals surface area (Å²) in [5.74, 6) is 2.34. The lowest BCUT2D eigenvalue weighted by molar-refractivity contribution is 0.319. The van der Waals surface area contributed by atoms with Crippen molar-refractivity contribution in [2.45, 2.75) is 76.5 Å². The Bertz CT molecular complexity index is 671. The fourth-order valence-electron chi connectivity index (χ4n) is 4.64. The van der Waals surface area contributed by atoms with Crippen LogP contribution in [0.3, 0.4) is 0 Å². The van der Waals surface area contributed by atoms with Crippen LogP contribution in [-0.2, 0) is 24.6 Å². The second-order valence-electron chi connectivity index (χ2n) is 8.02. The van der Waals surface area contributed by atoms with Crippen molar-refractivity contribution >= 4 is 24.3 Å². The third-order valence-corrected chi connectivity index (χ3v) is 6.06. The molecular weight excluding hydrogens is 408 g/mol. The summed E-state index contributed by atoms with van der Waals surface area (Å²) in [6, 6.07) is 11.0. The molecule has 2 bridgehead atoms. The zero-order chi connectivity index (χ0) is 24.7. The molecule has 32 heavy (non-hydrogen) atoms. The minimum Gasteiger partial charge on any atom is -0.222 e. The molecule has 174 valence electrons. The summed E-state index contributed by atoms with van der Waals surface area (Å²) in [5.41, 5.74) is 2.01. The molecule has 0 atom stereocenters. The summed E-state index contributed by atoms with van der Waals surface area (Å²) in [4.78, 5) is 33.4. The Morgan fingerprint density at radius 2 is 1.03 bits per heavy atom. The number of isocyanates is 4. The highest BCUT2D eigenvalue weighted by Crippen LogP contribution is 2.44. The average Bonchev–Trinajstić information content (AvgIpc) is 3.44. The smallest absolute Gasteiger partial charge is 0.222 e. The normalized spacial score (nSPS) is 20.2. The highest BCUT2D eigenvalue weighted by molar-refractivity contribution is 5.27. The minimum absolute atomic E-state index is 0.472. The standard InChI is InChI=1S/C13H18.C7H12.4CHNO/c1-13(10-6-3-7-11-13)12-8-4-2-5-9-12;1-2-7-4-3-6(1)5-7;4*2-1-3/h2,4-5,8-9H,3,6-7,10-11H2,1H3;6-7H,1-5H2;4*2H. The number of hydrogen-bond donors (Lipinski definition) is 4. The van der Waals surface area contributed by atoms with E-state index in [1.54, 1.807) is 32.1 Å². The van der Waals surface area contributed by atoms with Gasteiger partial charge in [0.15, 0.2) is 0 Å². The van der Waals surface area contributed by atoms with Crippen LogP contribution < -0.4 is 0 Å².